The second kappa shape index (κ2) is 8.06. The van der Waals surface area contributed by atoms with Gasteiger partial charge in [-0.3, -0.25) is 0 Å². The molecule has 0 saturated carbocycles. The van der Waals surface area contributed by atoms with E-state index in [-0.39, 0.29) is 5.41 Å². The normalized spacial score (nSPS) is 27.9. The van der Waals surface area contributed by atoms with Crippen molar-refractivity contribution in [2.24, 2.45) is 5.41 Å². The van der Waals surface area contributed by atoms with Crippen molar-refractivity contribution in [3.05, 3.63) is 28.8 Å². The van der Waals surface area contributed by atoms with Crippen LogP contribution in [0.1, 0.15) is 89.3 Å². The third kappa shape index (κ3) is 4.55. The minimum absolute atomic E-state index is 0.0250. The Balaban J connectivity index is 1.77. The van der Waals surface area contributed by atoms with E-state index in [1.165, 1.54) is 21.6 Å². The van der Waals surface area contributed by atoms with E-state index >= 15 is 0 Å². The zero-order chi connectivity index (χ0) is 19.8. The average molecular weight is 393 g/mol. The highest BCUT2D eigenvalue weighted by Crippen LogP contribution is 2.43. The summed E-state index contributed by atoms with van der Waals surface area (Å²) in [6.45, 7) is 18.1. The lowest BCUT2D eigenvalue weighted by molar-refractivity contribution is -0.465. The molecular formula is C23H36O3S. The van der Waals surface area contributed by atoms with Crippen molar-refractivity contribution >= 4 is 11.8 Å². The van der Waals surface area contributed by atoms with E-state index in [2.05, 4.69) is 60.6 Å². The van der Waals surface area contributed by atoms with Crippen molar-refractivity contribution in [2.75, 3.05) is 25.6 Å². The molecule has 0 unspecified atom stereocenters. The van der Waals surface area contributed by atoms with Crippen LogP contribution in [0, 0.1) is 5.41 Å². The van der Waals surface area contributed by atoms with Crippen LogP contribution in [0.5, 0.6) is 0 Å². The van der Waals surface area contributed by atoms with Crippen LogP contribution in [0.3, 0.4) is 0 Å². The van der Waals surface area contributed by atoms with Crippen LogP contribution in [-0.2, 0) is 14.2 Å². The highest BCUT2D eigenvalue weighted by atomic mass is 32.2. The molecule has 0 spiro atoms. The number of ether oxygens (including phenoxy) is 3. The average Bonchev–Trinajstić information content (AvgIpc) is 2.62. The lowest BCUT2D eigenvalue weighted by Crippen LogP contribution is -2.59. The van der Waals surface area contributed by atoms with Gasteiger partial charge in [-0.25, -0.2) is 0 Å². The lowest BCUT2D eigenvalue weighted by Gasteiger charge is -2.50. The SMILES string of the molecule is CC(C)c1cc(C(C)C)c(SCCC23OCC(C)(CO2)CO3)c(C(C)C)c1. The van der Waals surface area contributed by atoms with Gasteiger partial charge in [-0.2, -0.15) is 0 Å². The summed E-state index contributed by atoms with van der Waals surface area (Å²) in [5.74, 6) is 1.67. The number of fused-ring (bicyclic) bond motifs is 3. The zero-order valence-electron chi connectivity index (χ0n) is 18.1. The predicted octanol–water partition coefficient (Wildman–Crippen LogP) is 6.28. The van der Waals surface area contributed by atoms with Gasteiger partial charge in [0.15, 0.2) is 0 Å². The Morgan fingerprint density at radius 2 is 1.33 bits per heavy atom. The van der Waals surface area contributed by atoms with Crippen molar-refractivity contribution in [1.82, 2.24) is 0 Å². The Kier molecular flexibility index (Phi) is 6.32. The number of rotatable bonds is 7. The maximum Gasteiger partial charge on any atom is 0.283 e. The molecule has 3 nitrogen and oxygen atoms in total. The van der Waals surface area contributed by atoms with Crippen LogP contribution in [0.15, 0.2) is 17.0 Å². The van der Waals surface area contributed by atoms with Crippen molar-refractivity contribution < 1.29 is 14.2 Å². The summed E-state index contributed by atoms with van der Waals surface area (Å²) in [6.07, 6.45) is 0.759. The van der Waals surface area contributed by atoms with Crippen LogP contribution in [-0.4, -0.2) is 31.5 Å². The second-order valence-electron chi connectivity index (χ2n) is 9.45. The fourth-order valence-corrected chi connectivity index (χ4v) is 5.13. The van der Waals surface area contributed by atoms with Gasteiger partial charge in [0.25, 0.3) is 5.97 Å². The Labute approximate surface area is 169 Å². The molecule has 1 aromatic rings. The molecule has 3 heterocycles. The van der Waals surface area contributed by atoms with E-state index in [1.54, 1.807) is 0 Å². The quantitative estimate of drug-likeness (QED) is 0.511. The first-order valence-electron chi connectivity index (χ1n) is 10.4. The Morgan fingerprint density at radius 3 is 1.74 bits per heavy atom. The molecule has 0 N–H and O–H groups in total. The van der Waals surface area contributed by atoms with Crippen LogP contribution in [0.25, 0.3) is 0 Å². The summed E-state index contributed by atoms with van der Waals surface area (Å²) in [6, 6.07) is 4.83. The molecule has 0 atom stereocenters. The summed E-state index contributed by atoms with van der Waals surface area (Å²) >= 11 is 1.93. The van der Waals surface area contributed by atoms with E-state index in [4.69, 9.17) is 14.2 Å². The topological polar surface area (TPSA) is 27.7 Å². The summed E-state index contributed by atoms with van der Waals surface area (Å²) in [4.78, 5) is 1.44. The molecule has 1 aromatic carbocycles. The third-order valence-electron chi connectivity index (χ3n) is 5.66. The van der Waals surface area contributed by atoms with E-state index in [1.807, 2.05) is 11.8 Å². The summed E-state index contributed by atoms with van der Waals surface area (Å²) < 4.78 is 17.9. The number of hydrogen-bond acceptors (Lipinski definition) is 4. The lowest BCUT2D eigenvalue weighted by atomic mass is 9.89. The van der Waals surface area contributed by atoms with E-state index < -0.39 is 5.97 Å². The van der Waals surface area contributed by atoms with Crippen molar-refractivity contribution in [3.8, 4) is 0 Å². The maximum atomic E-state index is 5.95. The molecule has 2 bridgehead atoms. The summed E-state index contributed by atoms with van der Waals surface area (Å²) in [7, 11) is 0. The fourth-order valence-electron chi connectivity index (χ4n) is 3.65. The Morgan fingerprint density at radius 1 is 0.852 bits per heavy atom. The van der Waals surface area contributed by atoms with Gasteiger partial charge < -0.3 is 14.2 Å². The van der Waals surface area contributed by atoms with Crippen molar-refractivity contribution in [2.45, 2.75) is 83.5 Å². The summed E-state index contributed by atoms with van der Waals surface area (Å²) in [5, 5.41) is 0. The molecule has 0 amide bonds. The molecule has 3 fully saturated rings. The van der Waals surface area contributed by atoms with Gasteiger partial charge in [-0.15, -0.1) is 11.8 Å². The number of hydrogen-bond donors (Lipinski definition) is 0. The highest BCUT2D eigenvalue weighted by Gasteiger charge is 2.49. The Bertz CT molecular complexity index is 612. The van der Waals surface area contributed by atoms with Gasteiger partial charge in [0.2, 0.25) is 0 Å². The molecule has 27 heavy (non-hydrogen) atoms. The first kappa shape index (κ1) is 21.2. The predicted molar refractivity (Wildman–Crippen MR) is 113 cm³/mol. The second-order valence-corrected chi connectivity index (χ2v) is 10.6. The number of thioether (sulfide) groups is 1. The molecule has 3 aliphatic rings. The molecule has 4 heteroatoms. The van der Waals surface area contributed by atoms with Crippen molar-refractivity contribution in [1.29, 1.82) is 0 Å². The number of benzene rings is 1. The molecule has 3 aliphatic heterocycles. The highest BCUT2D eigenvalue weighted by molar-refractivity contribution is 7.99. The molecule has 3 saturated heterocycles. The van der Waals surface area contributed by atoms with Gasteiger partial charge >= 0.3 is 0 Å². The van der Waals surface area contributed by atoms with Crippen LogP contribution >= 0.6 is 11.8 Å². The standard InChI is InChI=1S/C23H36O3S/c1-15(2)18-10-19(16(3)4)21(20(11-18)17(5)6)27-9-8-23-24-12-22(7,13-25-23)14-26-23/h10-11,15-17H,8-9,12-14H2,1-7H3. The van der Waals surface area contributed by atoms with E-state index in [0.29, 0.717) is 17.8 Å². The smallest absolute Gasteiger partial charge is 0.283 e. The molecule has 152 valence electrons. The molecule has 0 radical (unpaired) electrons. The van der Waals surface area contributed by atoms with Gasteiger partial charge in [0.1, 0.15) is 0 Å². The first-order valence-corrected chi connectivity index (χ1v) is 11.4. The molecule has 4 rings (SSSR count). The van der Waals surface area contributed by atoms with Gasteiger partial charge in [-0.05, 0) is 34.4 Å². The van der Waals surface area contributed by atoms with E-state index in [0.717, 1.165) is 32.0 Å². The minimum atomic E-state index is -0.821. The maximum absolute atomic E-state index is 5.95. The fraction of sp³-hybridized carbons (Fsp3) is 0.739. The van der Waals surface area contributed by atoms with Crippen LogP contribution < -0.4 is 0 Å². The zero-order valence-corrected chi connectivity index (χ0v) is 18.9. The molecule has 0 aromatic heterocycles. The van der Waals surface area contributed by atoms with Crippen LogP contribution in [0.2, 0.25) is 0 Å². The van der Waals surface area contributed by atoms with Gasteiger partial charge in [0, 0.05) is 22.5 Å². The third-order valence-corrected chi connectivity index (χ3v) is 6.82. The summed E-state index contributed by atoms with van der Waals surface area (Å²) in [5.41, 5.74) is 4.40. The molecule has 0 aliphatic carbocycles. The largest absolute Gasteiger partial charge is 0.327 e. The van der Waals surface area contributed by atoms with Crippen molar-refractivity contribution in [3.63, 3.8) is 0 Å². The van der Waals surface area contributed by atoms with Gasteiger partial charge in [0.05, 0.1) is 19.8 Å². The Hall–Kier alpha value is -0.550. The monoisotopic (exact) mass is 392 g/mol. The van der Waals surface area contributed by atoms with Crippen LogP contribution in [0.4, 0.5) is 0 Å². The first-order chi connectivity index (χ1) is 12.6. The van der Waals surface area contributed by atoms with E-state index in [9.17, 15) is 0 Å². The minimum Gasteiger partial charge on any atom is -0.327 e. The van der Waals surface area contributed by atoms with Gasteiger partial charge in [-0.1, -0.05) is 60.6 Å². The molecular weight excluding hydrogens is 356 g/mol.